The number of hydrogen-bond acceptors (Lipinski definition) is 6. The van der Waals surface area contributed by atoms with Crippen LogP contribution in [0.25, 0.3) is 0 Å². The number of rotatable bonds is 5. The largest absolute Gasteiger partial charge is 0.369 e. The lowest BCUT2D eigenvalue weighted by Gasteiger charge is -2.32. The fraction of sp³-hybridized carbons (Fsp3) is 0.278. The quantitative estimate of drug-likeness (QED) is 0.533. The molecule has 28 heavy (non-hydrogen) atoms. The summed E-state index contributed by atoms with van der Waals surface area (Å²) in [6, 6.07) is 8.51. The average Bonchev–Trinajstić information content (AvgIpc) is 2.69. The van der Waals surface area contributed by atoms with Gasteiger partial charge in [-0.1, -0.05) is 0 Å². The molecule has 1 aromatic carbocycles. The summed E-state index contributed by atoms with van der Waals surface area (Å²) in [5.41, 5.74) is 6.27. The molecular weight excluding hydrogens is 364 g/mol. The van der Waals surface area contributed by atoms with E-state index in [9.17, 15) is 19.7 Å². The number of non-ortho nitro benzene ring substituents is 1. The van der Waals surface area contributed by atoms with Crippen molar-refractivity contribution in [1.82, 2.24) is 4.98 Å². The second-order valence-corrected chi connectivity index (χ2v) is 6.48. The van der Waals surface area contributed by atoms with E-state index in [1.165, 1.54) is 30.5 Å². The number of primary amides is 1. The van der Waals surface area contributed by atoms with Crippen molar-refractivity contribution in [3.63, 3.8) is 0 Å². The molecule has 3 amide bonds. The first-order valence-electron chi connectivity index (χ1n) is 8.75. The molecule has 0 aliphatic carbocycles. The third-order valence-electron chi connectivity index (χ3n) is 4.49. The van der Waals surface area contributed by atoms with Gasteiger partial charge in [-0.2, -0.15) is 0 Å². The molecule has 1 saturated heterocycles. The molecule has 1 atom stereocenters. The molecule has 0 bridgehead atoms. The van der Waals surface area contributed by atoms with Crippen molar-refractivity contribution in [2.45, 2.75) is 12.8 Å². The van der Waals surface area contributed by atoms with Crippen LogP contribution in [0, 0.1) is 16.0 Å². The standard InChI is InChI=1S/C18H20N6O4/c19-17(25)12-2-1-9-23(11-12)16-8-5-14(10-20-16)22-18(26)21-13-3-6-15(7-4-13)24(27)28/h3-8,10,12H,1-2,9,11H2,(H2,19,25)(H2,21,22,26)/t12-/m0/s1. The molecule has 10 heteroatoms. The zero-order valence-corrected chi connectivity index (χ0v) is 15.0. The number of anilines is 3. The van der Waals surface area contributed by atoms with Crippen molar-refractivity contribution in [2.24, 2.45) is 11.7 Å². The maximum Gasteiger partial charge on any atom is 0.323 e. The summed E-state index contributed by atoms with van der Waals surface area (Å²) in [7, 11) is 0. The highest BCUT2D eigenvalue weighted by molar-refractivity contribution is 5.99. The van der Waals surface area contributed by atoms with Crippen molar-refractivity contribution in [3.8, 4) is 0 Å². The number of carbonyl (C=O) groups is 2. The lowest BCUT2D eigenvalue weighted by atomic mass is 9.97. The first-order chi connectivity index (χ1) is 13.4. The molecule has 1 aliphatic rings. The number of carbonyl (C=O) groups excluding carboxylic acids is 2. The van der Waals surface area contributed by atoms with E-state index in [0.29, 0.717) is 23.7 Å². The minimum Gasteiger partial charge on any atom is -0.369 e. The van der Waals surface area contributed by atoms with Gasteiger partial charge >= 0.3 is 6.03 Å². The third kappa shape index (κ3) is 4.72. The Balaban J connectivity index is 1.57. The number of nitrogens with one attached hydrogen (secondary N) is 2. The van der Waals surface area contributed by atoms with Crippen LogP contribution in [-0.4, -0.2) is 34.9 Å². The Morgan fingerprint density at radius 1 is 1.14 bits per heavy atom. The normalized spacial score (nSPS) is 16.3. The van der Waals surface area contributed by atoms with E-state index in [-0.39, 0.29) is 17.5 Å². The summed E-state index contributed by atoms with van der Waals surface area (Å²) < 4.78 is 0. The maximum absolute atomic E-state index is 12.1. The van der Waals surface area contributed by atoms with Crippen LogP contribution in [0.5, 0.6) is 0 Å². The van der Waals surface area contributed by atoms with Crippen molar-refractivity contribution in [3.05, 3.63) is 52.7 Å². The molecule has 2 heterocycles. The second kappa shape index (κ2) is 8.33. The Morgan fingerprint density at radius 3 is 2.43 bits per heavy atom. The first-order valence-corrected chi connectivity index (χ1v) is 8.75. The van der Waals surface area contributed by atoms with Crippen LogP contribution in [0.2, 0.25) is 0 Å². The molecule has 1 aliphatic heterocycles. The summed E-state index contributed by atoms with van der Waals surface area (Å²) in [4.78, 5) is 39.9. The zero-order valence-electron chi connectivity index (χ0n) is 15.0. The van der Waals surface area contributed by atoms with Gasteiger partial charge in [-0.05, 0) is 37.1 Å². The molecule has 2 aromatic rings. The van der Waals surface area contributed by atoms with E-state index in [2.05, 4.69) is 15.6 Å². The number of nitro groups is 1. The minimum atomic E-state index is -0.509. The number of amides is 3. The van der Waals surface area contributed by atoms with Crippen LogP contribution < -0.4 is 21.3 Å². The molecule has 4 N–H and O–H groups in total. The maximum atomic E-state index is 12.1. The van der Waals surface area contributed by atoms with Gasteiger partial charge in [0.2, 0.25) is 5.91 Å². The lowest BCUT2D eigenvalue weighted by molar-refractivity contribution is -0.384. The van der Waals surface area contributed by atoms with Crippen molar-refractivity contribution in [2.75, 3.05) is 28.6 Å². The number of pyridine rings is 1. The fourth-order valence-corrected chi connectivity index (χ4v) is 3.02. The van der Waals surface area contributed by atoms with Gasteiger partial charge in [0.1, 0.15) is 5.82 Å². The van der Waals surface area contributed by atoms with E-state index in [1.807, 2.05) is 4.90 Å². The molecule has 10 nitrogen and oxygen atoms in total. The molecule has 0 saturated carbocycles. The van der Waals surface area contributed by atoms with Crippen LogP contribution in [0.1, 0.15) is 12.8 Å². The third-order valence-corrected chi connectivity index (χ3v) is 4.49. The van der Waals surface area contributed by atoms with Gasteiger partial charge in [0, 0.05) is 30.9 Å². The molecule has 146 valence electrons. The highest BCUT2D eigenvalue weighted by Gasteiger charge is 2.24. The number of nitro benzene ring substituents is 1. The van der Waals surface area contributed by atoms with Crippen molar-refractivity contribution >= 4 is 34.8 Å². The number of piperidine rings is 1. The summed E-state index contributed by atoms with van der Waals surface area (Å²) in [6.45, 7) is 1.33. The van der Waals surface area contributed by atoms with Crippen LogP contribution in [-0.2, 0) is 4.79 Å². The molecule has 3 rings (SSSR count). The SMILES string of the molecule is NC(=O)[C@H]1CCCN(c2ccc(NC(=O)Nc3ccc([N+](=O)[O-])cc3)cn2)C1. The van der Waals surface area contributed by atoms with Gasteiger partial charge in [-0.3, -0.25) is 14.9 Å². The van der Waals surface area contributed by atoms with E-state index >= 15 is 0 Å². The average molecular weight is 384 g/mol. The first kappa shape index (κ1) is 19.1. The van der Waals surface area contributed by atoms with Crippen LogP contribution in [0.15, 0.2) is 42.6 Å². The fourth-order valence-electron chi connectivity index (χ4n) is 3.02. The summed E-state index contributed by atoms with van der Waals surface area (Å²) in [6.07, 6.45) is 3.18. The summed E-state index contributed by atoms with van der Waals surface area (Å²) in [5.74, 6) is 0.235. The topological polar surface area (TPSA) is 143 Å². The van der Waals surface area contributed by atoms with Gasteiger partial charge in [-0.25, -0.2) is 9.78 Å². The Bertz CT molecular complexity index is 869. The smallest absolute Gasteiger partial charge is 0.323 e. The Kier molecular flexibility index (Phi) is 5.68. The Labute approximate surface area is 160 Å². The van der Waals surface area contributed by atoms with E-state index < -0.39 is 11.0 Å². The van der Waals surface area contributed by atoms with E-state index in [0.717, 1.165) is 19.4 Å². The van der Waals surface area contributed by atoms with Gasteiger partial charge in [0.15, 0.2) is 0 Å². The summed E-state index contributed by atoms with van der Waals surface area (Å²) >= 11 is 0. The molecule has 1 fully saturated rings. The van der Waals surface area contributed by atoms with Gasteiger partial charge in [0.05, 0.1) is 22.7 Å². The highest BCUT2D eigenvalue weighted by atomic mass is 16.6. The van der Waals surface area contributed by atoms with Gasteiger partial charge in [-0.15, -0.1) is 0 Å². The molecule has 0 unspecified atom stereocenters. The van der Waals surface area contributed by atoms with E-state index in [4.69, 9.17) is 5.73 Å². The molecule has 0 spiro atoms. The highest BCUT2D eigenvalue weighted by Crippen LogP contribution is 2.22. The molecule has 0 radical (unpaired) electrons. The lowest BCUT2D eigenvalue weighted by Crippen LogP contribution is -2.41. The second-order valence-electron chi connectivity index (χ2n) is 6.48. The Hall–Kier alpha value is -3.69. The summed E-state index contributed by atoms with van der Waals surface area (Å²) in [5, 5.41) is 15.9. The van der Waals surface area contributed by atoms with E-state index in [1.54, 1.807) is 12.1 Å². The van der Waals surface area contributed by atoms with Crippen molar-refractivity contribution in [1.29, 1.82) is 0 Å². The molecular formula is C18H20N6O4. The number of benzene rings is 1. The predicted molar refractivity (Wildman–Crippen MR) is 104 cm³/mol. The predicted octanol–water partition coefficient (Wildman–Crippen LogP) is 2.34. The minimum absolute atomic E-state index is 0.0537. The number of nitrogens with two attached hydrogens (primary N) is 1. The van der Waals surface area contributed by atoms with Gasteiger partial charge < -0.3 is 21.3 Å². The molecule has 1 aromatic heterocycles. The van der Waals surface area contributed by atoms with Crippen LogP contribution in [0.3, 0.4) is 0 Å². The zero-order chi connectivity index (χ0) is 20.1. The van der Waals surface area contributed by atoms with Gasteiger partial charge in [0.25, 0.3) is 5.69 Å². The van der Waals surface area contributed by atoms with Crippen LogP contribution >= 0.6 is 0 Å². The number of urea groups is 1. The number of aromatic nitrogens is 1. The number of nitrogens with zero attached hydrogens (tertiary/aromatic N) is 3. The van der Waals surface area contributed by atoms with Crippen LogP contribution in [0.4, 0.5) is 27.7 Å². The van der Waals surface area contributed by atoms with Crippen molar-refractivity contribution < 1.29 is 14.5 Å². The Morgan fingerprint density at radius 2 is 1.82 bits per heavy atom. The number of hydrogen-bond donors (Lipinski definition) is 3. The monoisotopic (exact) mass is 384 g/mol.